The quantitative estimate of drug-likeness (QED) is 0.488. The third-order valence-corrected chi connectivity index (χ3v) is 4.82. The molecule has 4 rings (SSSR count). The first-order chi connectivity index (χ1) is 14.7. The molecule has 2 heterocycles. The van der Waals surface area contributed by atoms with Crippen LogP contribution < -0.4 is 10.1 Å². The number of carbonyl (C=O) groups excluding carboxylic acids is 1. The molecule has 0 spiro atoms. The van der Waals surface area contributed by atoms with Gasteiger partial charge in [-0.25, -0.2) is 9.97 Å². The Morgan fingerprint density at radius 1 is 1.13 bits per heavy atom. The van der Waals surface area contributed by atoms with Crippen molar-refractivity contribution < 1.29 is 14.1 Å². The molecule has 1 amide bonds. The largest absolute Gasteiger partial charge is 0.497 e. The first kappa shape index (κ1) is 19.6. The predicted octanol–water partition coefficient (Wildman–Crippen LogP) is 4.64. The van der Waals surface area contributed by atoms with Gasteiger partial charge in [0.05, 0.1) is 24.8 Å². The second-order valence-corrected chi connectivity index (χ2v) is 6.78. The molecule has 0 radical (unpaired) electrons. The maximum Gasteiger partial charge on any atom is 0.241 e. The molecule has 150 valence electrons. The normalized spacial score (nSPS) is 10.6. The Morgan fingerprint density at radius 2 is 1.93 bits per heavy atom. The highest BCUT2D eigenvalue weighted by Gasteiger charge is 2.22. The number of methoxy groups -OCH3 is 1. The van der Waals surface area contributed by atoms with Gasteiger partial charge in [-0.15, -0.1) is 0 Å². The molecule has 8 heteroatoms. The second kappa shape index (κ2) is 8.75. The van der Waals surface area contributed by atoms with E-state index in [4.69, 9.17) is 20.9 Å². The van der Waals surface area contributed by atoms with Crippen LogP contribution in [-0.2, 0) is 11.2 Å². The summed E-state index contributed by atoms with van der Waals surface area (Å²) < 4.78 is 10.7. The number of ether oxygens (including phenoxy) is 1. The van der Waals surface area contributed by atoms with Gasteiger partial charge in [-0.1, -0.05) is 35.0 Å². The lowest BCUT2D eigenvalue weighted by Crippen LogP contribution is -2.14. The third-order valence-electron chi connectivity index (χ3n) is 4.46. The van der Waals surface area contributed by atoms with Gasteiger partial charge in [0.2, 0.25) is 11.8 Å². The first-order valence-electron chi connectivity index (χ1n) is 9.09. The third kappa shape index (κ3) is 4.16. The Labute approximate surface area is 177 Å². The maximum absolute atomic E-state index is 12.6. The van der Waals surface area contributed by atoms with E-state index in [1.165, 1.54) is 6.33 Å². The van der Waals surface area contributed by atoms with Crippen LogP contribution in [0.5, 0.6) is 5.75 Å². The maximum atomic E-state index is 12.6. The van der Waals surface area contributed by atoms with E-state index in [1.807, 2.05) is 36.4 Å². The van der Waals surface area contributed by atoms with Crippen molar-refractivity contribution in [1.82, 2.24) is 15.1 Å². The van der Waals surface area contributed by atoms with Crippen molar-refractivity contribution in [2.75, 3.05) is 12.4 Å². The summed E-state index contributed by atoms with van der Waals surface area (Å²) in [5.74, 6) is 0.645. The fourth-order valence-corrected chi connectivity index (χ4v) is 3.19. The fourth-order valence-electron chi connectivity index (χ4n) is 2.98. The van der Waals surface area contributed by atoms with Crippen molar-refractivity contribution in [3.8, 4) is 28.3 Å². The average Bonchev–Trinajstić information content (AvgIpc) is 3.19. The van der Waals surface area contributed by atoms with Gasteiger partial charge < -0.3 is 9.26 Å². The molecule has 4 aromatic rings. The van der Waals surface area contributed by atoms with Crippen LogP contribution in [-0.4, -0.2) is 28.1 Å². The van der Waals surface area contributed by atoms with E-state index < -0.39 is 0 Å². The molecule has 0 bridgehead atoms. The summed E-state index contributed by atoms with van der Waals surface area (Å²) in [6, 6.07) is 16.3. The van der Waals surface area contributed by atoms with Crippen LogP contribution in [0.15, 0.2) is 71.6 Å². The number of carbonyl (C=O) groups is 1. The lowest BCUT2D eigenvalue weighted by atomic mass is 10.0. The summed E-state index contributed by atoms with van der Waals surface area (Å²) in [6.45, 7) is 0. The van der Waals surface area contributed by atoms with Crippen LogP contribution in [0.2, 0.25) is 5.02 Å². The number of hydrogen-bond donors (Lipinski definition) is 1. The molecule has 0 aliphatic heterocycles. The lowest BCUT2D eigenvalue weighted by molar-refractivity contribution is -0.115. The molecule has 0 aliphatic rings. The van der Waals surface area contributed by atoms with Gasteiger partial charge in [-0.3, -0.25) is 10.1 Å². The highest BCUT2D eigenvalue weighted by atomic mass is 35.5. The summed E-state index contributed by atoms with van der Waals surface area (Å²) in [7, 11) is 1.60. The zero-order valence-electron chi connectivity index (χ0n) is 16.0. The summed E-state index contributed by atoms with van der Waals surface area (Å²) in [5.41, 5.74) is 3.19. The summed E-state index contributed by atoms with van der Waals surface area (Å²) in [4.78, 5) is 20.9. The van der Waals surface area contributed by atoms with Crippen molar-refractivity contribution in [3.05, 3.63) is 77.7 Å². The average molecular weight is 421 g/mol. The second-order valence-electron chi connectivity index (χ2n) is 6.37. The van der Waals surface area contributed by atoms with Crippen LogP contribution >= 0.6 is 11.6 Å². The van der Waals surface area contributed by atoms with Crippen molar-refractivity contribution in [2.24, 2.45) is 0 Å². The Hall–Kier alpha value is -3.71. The first-order valence-corrected chi connectivity index (χ1v) is 9.47. The van der Waals surface area contributed by atoms with Gasteiger partial charge in [0.15, 0.2) is 0 Å². The minimum atomic E-state index is -0.282. The monoisotopic (exact) mass is 420 g/mol. The summed E-state index contributed by atoms with van der Waals surface area (Å²) in [6.07, 6.45) is 3.14. The van der Waals surface area contributed by atoms with Gasteiger partial charge in [-0.2, -0.15) is 0 Å². The lowest BCUT2D eigenvalue weighted by Gasteiger charge is -2.07. The highest BCUT2D eigenvalue weighted by Crippen LogP contribution is 2.37. The zero-order valence-corrected chi connectivity index (χ0v) is 16.8. The molecule has 0 aliphatic carbocycles. The van der Waals surface area contributed by atoms with Crippen LogP contribution in [0.1, 0.15) is 5.56 Å². The van der Waals surface area contributed by atoms with E-state index in [2.05, 4.69) is 20.4 Å². The Morgan fingerprint density at radius 3 is 2.63 bits per heavy atom. The molecule has 2 aromatic carbocycles. The molecular formula is C22H17ClN4O3. The number of amides is 1. The van der Waals surface area contributed by atoms with Crippen LogP contribution in [0, 0.1) is 0 Å². The number of hydrogen-bond acceptors (Lipinski definition) is 6. The van der Waals surface area contributed by atoms with E-state index in [0.29, 0.717) is 22.0 Å². The molecule has 7 nitrogen and oxygen atoms in total. The Bertz CT molecular complexity index is 1160. The standard InChI is InChI=1S/C22H17ClN4O3/c1-29-16-8-6-14(7-9-16)21-20(18-10-11-24-13-25-18)22(30-27-21)26-19(28)12-15-4-2-3-5-17(15)23/h2-11,13H,12H2,1H3,(H,26,28). The van der Waals surface area contributed by atoms with E-state index in [-0.39, 0.29) is 18.2 Å². The van der Waals surface area contributed by atoms with Gasteiger partial charge in [0.1, 0.15) is 17.8 Å². The number of anilines is 1. The molecule has 0 atom stereocenters. The topological polar surface area (TPSA) is 90.1 Å². The number of rotatable bonds is 6. The molecule has 0 unspecified atom stereocenters. The van der Waals surface area contributed by atoms with E-state index in [1.54, 1.807) is 31.5 Å². The van der Waals surface area contributed by atoms with Gasteiger partial charge in [-0.05, 0) is 42.0 Å². The smallest absolute Gasteiger partial charge is 0.241 e. The van der Waals surface area contributed by atoms with Crippen LogP contribution in [0.3, 0.4) is 0 Å². The Balaban J connectivity index is 1.68. The summed E-state index contributed by atoms with van der Waals surface area (Å²) >= 11 is 6.16. The molecule has 0 fully saturated rings. The molecule has 1 N–H and O–H groups in total. The van der Waals surface area contributed by atoms with Gasteiger partial charge in [0.25, 0.3) is 0 Å². The SMILES string of the molecule is COc1ccc(-c2noc(NC(=O)Cc3ccccc3Cl)c2-c2ccncn2)cc1. The highest BCUT2D eigenvalue weighted by molar-refractivity contribution is 6.31. The number of aromatic nitrogens is 3. The fraction of sp³-hybridized carbons (Fsp3) is 0.0909. The summed E-state index contributed by atoms with van der Waals surface area (Å²) in [5, 5.41) is 7.49. The minimum Gasteiger partial charge on any atom is -0.497 e. The molecule has 30 heavy (non-hydrogen) atoms. The van der Waals surface area contributed by atoms with Crippen molar-refractivity contribution >= 4 is 23.4 Å². The molecule has 2 aromatic heterocycles. The molecule has 0 saturated heterocycles. The van der Waals surface area contributed by atoms with Crippen molar-refractivity contribution in [1.29, 1.82) is 0 Å². The number of benzene rings is 2. The Kier molecular flexibility index (Phi) is 5.72. The van der Waals surface area contributed by atoms with E-state index >= 15 is 0 Å². The van der Waals surface area contributed by atoms with Gasteiger partial charge in [0, 0.05) is 16.8 Å². The van der Waals surface area contributed by atoms with Crippen LogP contribution in [0.4, 0.5) is 5.88 Å². The van der Waals surface area contributed by atoms with E-state index in [0.717, 1.165) is 16.9 Å². The number of nitrogens with zero attached hydrogens (tertiary/aromatic N) is 3. The number of halogens is 1. The zero-order chi connectivity index (χ0) is 20.9. The van der Waals surface area contributed by atoms with Crippen LogP contribution in [0.25, 0.3) is 22.5 Å². The van der Waals surface area contributed by atoms with Gasteiger partial charge >= 0.3 is 0 Å². The van der Waals surface area contributed by atoms with Crippen molar-refractivity contribution in [3.63, 3.8) is 0 Å². The molecular weight excluding hydrogens is 404 g/mol. The minimum absolute atomic E-state index is 0.0987. The number of nitrogens with one attached hydrogen (secondary N) is 1. The van der Waals surface area contributed by atoms with E-state index in [9.17, 15) is 4.79 Å². The molecule has 0 saturated carbocycles. The predicted molar refractivity (Wildman–Crippen MR) is 113 cm³/mol. The van der Waals surface area contributed by atoms with Crippen molar-refractivity contribution in [2.45, 2.75) is 6.42 Å².